The van der Waals surface area contributed by atoms with Crippen molar-refractivity contribution in [3.8, 4) is 0 Å². The predicted octanol–water partition coefficient (Wildman–Crippen LogP) is 1.68. The van der Waals surface area contributed by atoms with Gasteiger partial charge >= 0.3 is 5.97 Å². The van der Waals surface area contributed by atoms with Gasteiger partial charge in [0.1, 0.15) is 5.54 Å². The first-order valence-corrected chi connectivity index (χ1v) is 6.39. The lowest BCUT2D eigenvalue weighted by atomic mass is 9.96. The van der Waals surface area contributed by atoms with Crippen LogP contribution in [0.25, 0.3) is 0 Å². The number of aliphatic carboxylic acids is 1. The molecule has 14 heavy (non-hydrogen) atoms. The van der Waals surface area contributed by atoms with Gasteiger partial charge in [0.15, 0.2) is 0 Å². The van der Waals surface area contributed by atoms with Gasteiger partial charge in [-0.3, -0.25) is 9.69 Å². The Morgan fingerprint density at radius 3 is 2.64 bits per heavy atom. The zero-order chi connectivity index (χ0) is 10.6. The molecule has 1 unspecified atom stereocenters. The van der Waals surface area contributed by atoms with Crippen LogP contribution in [-0.2, 0) is 4.79 Å². The number of rotatable bonds is 5. The minimum Gasteiger partial charge on any atom is -0.480 e. The summed E-state index contributed by atoms with van der Waals surface area (Å²) in [4.78, 5) is 13.5. The molecule has 0 radical (unpaired) electrons. The van der Waals surface area contributed by atoms with E-state index in [1.54, 1.807) is 11.8 Å². The molecule has 1 fully saturated rings. The molecule has 0 aromatic rings. The molecule has 1 N–H and O–H groups in total. The Labute approximate surface area is 89.9 Å². The third kappa shape index (κ3) is 2.06. The predicted molar refractivity (Wildman–Crippen MR) is 59.8 cm³/mol. The maximum atomic E-state index is 11.3. The smallest absolute Gasteiger partial charge is 0.325 e. The van der Waals surface area contributed by atoms with E-state index >= 15 is 0 Å². The van der Waals surface area contributed by atoms with Gasteiger partial charge in [0.05, 0.1) is 0 Å². The van der Waals surface area contributed by atoms with Gasteiger partial charge in [-0.05, 0) is 31.7 Å². The van der Waals surface area contributed by atoms with Crippen LogP contribution in [0.2, 0.25) is 0 Å². The number of carboxylic acid groups (broad SMARTS) is 1. The van der Waals surface area contributed by atoms with Crippen LogP contribution in [0.3, 0.4) is 0 Å². The van der Waals surface area contributed by atoms with Crippen molar-refractivity contribution in [2.75, 3.05) is 24.6 Å². The highest BCUT2D eigenvalue weighted by molar-refractivity contribution is 7.99. The minimum atomic E-state index is -0.641. The fourth-order valence-corrected chi connectivity index (χ4v) is 3.47. The van der Waals surface area contributed by atoms with E-state index in [4.69, 9.17) is 0 Å². The second kappa shape index (κ2) is 5.03. The summed E-state index contributed by atoms with van der Waals surface area (Å²) in [6.07, 6.45) is 1.81. The molecule has 3 nitrogen and oxygen atoms in total. The van der Waals surface area contributed by atoms with Crippen LogP contribution in [-0.4, -0.2) is 46.1 Å². The maximum Gasteiger partial charge on any atom is 0.325 e. The van der Waals surface area contributed by atoms with E-state index in [0.29, 0.717) is 0 Å². The van der Waals surface area contributed by atoms with Crippen LogP contribution < -0.4 is 0 Å². The molecule has 1 rings (SSSR count). The molecule has 1 aliphatic heterocycles. The van der Waals surface area contributed by atoms with Crippen LogP contribution in [0.1, 0.15) is 26.7 Å². The van der Waals surface area contributed by atoms with E-state index in [2.05, 4.69) is 11.8 Å². The molecule has 0 aromatic heterocycles. The maximum absolute atomic E-state index is 11.3. The van der Waals surface area contributed by atoms with Crippen LogP contribution in [0.5, 0.6) is 0 Å². The largest absolute Gasteiger partial charge is 0.480 e. The highest BCUT2D eigenvalue weighted by atomic mass is 32.2. The molecule has 4 heteroatoms. The second-order valence-electron chi connectivity index (χ2n) is 3.72. The standard InChI is InChI=1S/C10H19NO2S/c1-3-6-11(4-2)10(9(12)13)5-7-14-8-10/h3-8H2,1-2H3,(H,12,13). The van der Waals surface area contributed by atoms with Gasteiger partial charge in [-0.25, -0.2) is 0 Å². The van der Waals surface area contributed by atoms with Gasteiger partial charge in [0, 0.05) is 5.75 Å². The van der Waals surface area contributed by atoms with Crippen molar-refractivity contribution >= 4 is 17.7 Å². The van der Waals surface area contributed by atoms with Crippen molar-refractivity contribution in [3.63, 3.8) is 0 Å². The summed E-state index contributed by atoms with van der Waals surface area (Å²) in [5, 5.41) is 9.34. The second-order valence-corrected chi connectivity index (χ2v) is 4.82. The van der Waals surface area contributed by atoms with E-state index in [9.17, 15) is 9.90 Å². The van der Waals surface area contributed by atoms with Crippen LogP contribution in [0, 0.1) is 0 Å². The quantitative estimate of drug-likeness (QED) is 0.760. The van der Waals surface area contributed by atoms with Crippen molar-refractivity contribution in [1.82, 2.24) is 4.90 Å². The first-order chi connectivity index (χ1) is 6.67. The van der Waals surface area contributed by atoms with E-state index in [1.807, 2.05) is 6.92 Å². The number of carboxylic acids is 1. The lowest BCUT2D eigenvalue weighted by Crippen LogP contribution is -2.55. The van der Waals surface area contributed by atoms with E-state index < -0.39 is 11.5 Å². The molecule has 1 heterocycles. The van der Waals surface area contributed by atoms with Gasteiger partial charge < -0.3 is 5.11 Å². The Hall–Kier alpha value is -0.220. The minimum absolute atomic E-state index is 0.574. The van der Waals surface area contributed by atoms with Gasteiger partial charge in [-0.15, -0.1) is 0 Å². The molecule has 0 aromatic carbocycles. The monoisotopic (exact) mass is 217 g/mol. The number of hydrogen-bond acceptors (Lipinski definition) is 3. The van der Waals surface area contributed by atoms with Crippen molar-refractivity contribution < 1.29 is 9.90 Å². The molecule has 0 spiro atoms. The van der Waals surface area contributed by atoms with E-state index in [-0.39, 0.29) is 0 Å². The third-order valence-corrected chi connectivity index (χ3v) is 4.05. The molecule has 0 amide bonds. The number of thioether (sulfide) groups is 1. The number of hydrogen-bond donors (Lipinski definition) is 1. The number of carbonyl (C=O) groups is 1. The molecular formula is C10H19NO2S. The van der Waals surface area contributed by atoms with Crippen molar-refractivity contribution in [2.45, 2.75) is 32.2 Å². The Morgan fingerprint density at radius 2 is 2.29 bits per heavy atom. The molecule has 0 aliphatic carbocycles. The summed E-state index contributed by atoms with van der Waals surface area (Å²) in [5.41, 5.74) is -0.574. The molecule has 1 aliphatic rings. The summed E-state index contributed by atoms with van der Waals surface area (Å²) in [6, 6.07) is 0. The first kappa shape index (κ1) is 11.9. The summed E-state index contributed by atoms with van der Waals surface area (Å²) in [6.45, 7) is 5.87. The highest BCUT2D eigenvalue weighted by Crippen LogP contribution is 2.33. The van der Waals surface area contributed by atoms with Crippen molar-refractivity contribution in [3.05, 3.63) is 0 Å². The first-order valence-electron chi connectivity index (χ1n) is 5.23. The van der Waals surface area contributed by atoms with E-state index in [1.165, 1.54) is 0 Å². The molecule has 82 valence electrons. The summed E-state index contributed by atoms with van der Waals surface area (Å²) < 4.78 is 0. The molecule has 1 saturated heterocycles. The molecular weight excluding hydrogens is 198 g/mol. The summed E-state index contributed by atoms with van der Waals surface area (Å²) in [5.74, 6) is 1.08. The number of likely N-dealkylation sites (N-methyl/N-ethyl adjacent to an activating group) is 1. The fourth-order valence-electron chi connectivity index (χ4n) is 2.05. The zero-order valence-corrected chi connectivity index (χ0v) is 9.77. The fraction of sp³-hybridized carbons (Fsp3) is 0.900. The zero-order valence-electron chi connectivity index (χ0n) is 8.95. The Morgan fingerprint density at radius 1 is 1.57 bits per heavy atom. The van der Waals surface area contributed by atoms with Crippen LogP contribution in [0.4, 0.5) is 0 Å². The number of nitrogens with zero attached hydrogens (tertiary/aromatic N) is 1. The van der Waals surface area contributed by atoms with Gasteiger partial charge in [0.2, 0.25) is 0 Å². The normalized spacial score (nSPS) is 27.1. The van der Waals surface area contributed by atoms with Gasteiger partial charge in [-0.1, -0.05) is 13.8 Å². The topological polar surface area (TPSA) is 40.5 Å². The summed E-state index contributed by atoms with van der Waals surface area (Å²) in [7, 11) is 0. The lowest BCUT2D eigenvalue weighted by Gasteiger charge is -2.36. The lowest BCUT2D eigenvalue weighted by molar-refractivity contribution is -0.149. The Kier molecular flexibility index (Phi) is 4.26. The van der Waals surface area contributed by atoms with E-state index in [0.717, 1.165) is 37.4 Å². The highest BCUT2D eigenvalue weighted by Gasteiger charge is 2.45. The van der Waals surface area contributed by atoms with Gasteiger partial charge in [-0.2, -0.15) is 11.8 Å². The van der Waals surface area contributed by atoms with Crippen molar-refractivity contribution in [1.29, 1.82) is 0 Å². The average molecular weight is 217 g/mol. The molecule has 1 atom stereocenters. The molecule has 0 bridgehead atoms. The SMILES string of the molecule is CCCN(CC)C1(C(=O)O)CCSC1. The average Bonchev–Trinajstić information content (AvgIpc) is 2.64. The van der Waals surface area contributed by atoms with Crippen molar-refractivity contribution in [2.24, 2.45) is 0 Å². The third-order valence-electron chi connectivity index (χ3n) is 2.88. The van der Waals surface area contributed by atoms with Crippen LogP contribution in [0.15, 0.2) is 0 Å². The Balaban J connectivity index is 2.79. The summed E-state index contributed by atoms with van der Waals surface area (Å²) >= 11 is 1.76. The van der Waals surface area contributed by atoms with Gasteiger partial charge in [0.25, 0.3) is 0 Å². The Bertz CT molecular complexity index is 202. The van der Waals surface area contributed by atoms with Crippen LogP contribution >= 0.6 is 11.8 Å². The molecule has 0 saturated carbocycles.